The summed E-state index contributed by atoms with van der Waals surface area (Å²) in [5.74, 6) is 4.72. The fourth-order valence-corrected chi connectivity index (χ4v) is 5.70. The predicted molar refractivity (Wildman–Crippen MR) is 138 cm³/mol. The fraction of sp³-hybridized carbons (Fsp3) is 0.692. The van der Waals surface area contributed by atoms with E-state index in [-0.39, 0.29) is 0 Å². The number of likely N-dealkylation sites (N-methyl/N-ethyl adjacent to an activating group) is 1. The maximum absolute atomic E-state index is 12.9. The van der Waals surface area contributed by atoms with Crippen molar-refractivity contribution in [3.63, 3.8) is 0 Å². The van der Waals surface area contributed by atoms with Gasteiger partial charge >= 0.3 is 0 Å². The van der Waals surface area contributed by atoms with E-state index in [1.54, 1.807) is 0 Å². The highest BCUT2D eigenvalue weighted by molar-refractivity contribution is 5.76. The van der Waals surface area contributed by atoms with Gasteiger partial charge in [-0.1, -0.05) is 19.3 Å². The molecule has 2 aliphatic heterocycles. The standard InChI is InChI=1S/C26H40N8O/c1-19-14-24(31-30-19)28-23-17-25(33-12-10-32(2)11-13-33)29-22(27-23)15-21-8-9-34(18-21)26(35)16-20-6-4-3-5-7-20/h14,17,20-21H,3-13,15-16,18H2,1-2H3,(H2,27,28,29,30,31)/t21-/m0/s1. The molecule has 35 heavy (non-hydrogen) atoms. The van der Waals surface area contributed by atoms with Crippen molar-refractivity contribution in [2.24, 2.45) is 11.8 Å². The Labute approximate surface area is 208 Å². The summed E-state index contributed by atoms with van der Waals surface area (Å²) in [5, 5.41) is 10.6. The molecule has 3 fully saturated rings. The molecular weight excluding hydrogens is 440 g/mol. The summed E-state index contributed by atoms with van der Waals surface area (Å²) < 4.78 is 0. The van der Waals surface area contributed by atoms with Crippen LogP contribution in [0.5, 0.6) is 0 Å². The van der Waals surface area contributed by atoms with Crippen LogP contribution in [0.2, 0.25) is 0 Å². The first-order chi connectivity index (χ1) is 17.0. The summed E-state index contributed by atoms with van der Waals surface area (Å²) >= 11 is 0. The maximum atomic E-state index is 12.9. The van der Waals surface area contributed by atoms with Gasteiger partial charge in [0.1, 0.15) is 17.5 Å². The van der Waals surface area contributed by atoms with E-state index in [0.717, 1.165) is 87.5 Å². The smallest absolute Gasteiger partial charge is 0.222 e. The average molecular weight is 481 g/mol. The van der Waals surface area contributed by atoms with E-state index in [0.29, 0.717) is 17.7 Å². The lowest BCUT2D eigenvalue weighted by Crippen LogP contribution is -2.45. The fourth-order valence-electron chi connectivity index (χ4n) is 5.70. The van der Waals surface area contributed by atoms with Crippen LogP contribution in [0, 0.1) is 18.8 Å². The highest BCUT2D eigenvalue weighted by atomic mass is 16.2. The number of hydrogen-bond acceptors (Lipinski definition) is 7. The lowest BCUT2D eigenvalue weighted by Gasteiger charge is -2.33. The molecule has 1 amide bonds. The van der Waals surface area contributed by atoms with Crippen molar-refractivity contribution in [1.29, 1.82) is 0 Å². The third-order valence-corrected chi connectivity index (χ3v) is 7.85. The van der Waals surface area contributed by atoms with Crippen LogP contribution in [0.25, 0.3) is 0 Å². The largest absolute Gasteiger partial charge is 0.354 e. The van der Waals surface area contributed by atoms with Gasteiger partial charge in [-0.25, -0.2) is 9.97 Å². The number of carbonyl (C=O) groups is 1. The van der Waals surface area contributed by atoms with Gasteiger partial charge in [0.15, 0.2) is 5.82 Å². The molecule has 1 saturated carbocycles. The van der Waals surface area contributed by atoms with Crippen molar-refractivity contribution in [2.75, 3.05) is 56.5 Å². The van der Waals surface area contributed by atoms with E-state index in [2.05, 4.69) is 37.3 Å². The van der Waals surface area contributed by atoms with E-state index in [1.807, 2.05) is 19.1 Å². The first kappa shape index (κ1) is 24.0. The third kappa shape index (κ3) is 6.31. The number of likely N-dealkylation sites (tertiary alicyclic amines) is 1. The lowest BCUT2D eigenvalue weighted by molar-refractivity contribution is -0.131. The van der Waals surface area contributed by atoms with Gasteiger partial charge in [0.05, 0.1) is 0 Å². The molecule has 1 aliphatic carbocycles. The van der Waals surface area contributed by atoms with Crippen molar-refractivity contribution in [3.05, 3.63) is 23.7 Å². The van der Waals surface area contributed by atoms with Crippen LogP contribution >= 0.6 is 0 Å². The average Bonchev–Trinajstić information content (AvgIpc) is 3.49. The highest BCUT2D eigenvalue weighted by Crippen LogP contribution is 2.29. The number of aryl methyl sites for hydroxylation is 1. The Bertz CT molecular complexity index is 993. The van der Waals surface area contributed by atoms with Gasteiger partial charge in [0.2, 0.25) is 5.91 Å². The minimum Gasteiger partial charge on any atom is -0.354 e. The number of rotatable bonds is 7. The molecule has 0 bridgehead atoms. The number of aromatic nitrogens is 4. The molecule has 3 aliphatic rings. The number of carbonyl (C=O) groups excluding carboxylic acids is 1. The van der Waals surface area contributed by atoms with E-state index in [9.17, 15) is 4.79 Å². The molecule has 0 unspecified atom stereocenters. The molecule has 1 atom stereocenters. The van der Waals surface area contributed by atoms with Crippen LogP contribution < -0.4 is 10.2 Å². The van der Waals surface area contributed by atoms with Crippen molar-refractivity contribution < 1.29 is 4.79 Å². The normalized spacial score (nSPS) is 22.1. The predicted octanol–water partition coefficient (Wildman–Crippen LogP) is 3.36. The number of amides is 1. The van der Waals surface area contributed by atoms with Crippen LogP contribution in [0.3, 0.4) is 0 Å². The Morgan fingerprint density at radius 3 is 2.54 bits per heavy atom. The Morgan fingerprint density at radius 2 is 1.80 bits per heavy atom. The van der Waals surface area contributed by atoms with Gasteiger partial charge in [-0.2, -0.15) is 5.10 Å². The summed E-state index contributed by atoms with van der Waals surface area (Å²) in [6.07, 6.45) is 8.91. The summed E-state index contributed by atoms with van der Waals surface area (Å²) in [7, 11) is 2.16. The molecule has 190 valence electrons. The number of nitrogens with one attached hydrogen (secondary N) is 2. The van der Waals surface area contributed by atoms with Crippen molar-refractivity contribution in [2.45, 2.75) is 58.3 Å². The molecule has 5 rings (SSSR count). The van der Waals surface area contributed by atoms with Crippen LogP contribution in [0.4, 0.5) is 17.5 Å². The minimum atomic E-state index is 0.350. The van der Waals surface area contributed by atoms with Crippen molar-refractivity contribution in [3.8, 4) is 0 Å². The zero-order valence-electron chi connectivity index (χ0n) is 21.3. The first-order valence-electron chi connectivity index (χ1n) is 13.4. The maximum Gasteiger partial charge on any atom is 0.222 e. The number of piperazine rings is 1. The van der Waals surface area contributed by atoms with Crippen LogP contribution in [0.1, 0.15) is 56.5 Å². The monoisotopic (exact) mass is 480 g/mol. The summed E-state index contributed by atoms with van der Waals surface area (Å²) in [6.45, 7) is 7.66. The van der Waals surface area contributed by atoms with Crippen LogP contribution in [-0.2, 0) is 11.2 Å². The SMILES string of the molecule is Cc1cc(Nc2cc(N3CCN(C)CC3)nc(C[C@@H]3CCN(C(=O)CC4CCCCC4)C3)n2)n[nH]1. The molecule has 9 heteroatoms. The van der Waals surface area contributed by atoms with E-state index in [1.165, 1.54) is 32.1 Å². The molecule has 2 aromatic heterocycles. The minimum absolute atomic E-state index is 0.350. The highest BCUT2D eigenvalue weighted by Gasteiger charge is 2.29. The molecule has 2 saturated heterocycles. The van der Waals surface area contributed by atoms with E-state index < -0.39 is 0 Å². The Hall–Kier alpha value is -2.68. The number of anilines is 3. The van der Waals surface area contributed by atoms with Crippen molar-refractivity contribution >= 4 is 23.4 Å². The number of nitrogens with zero attached hydrogens (tertiary/aromatic N) is 6. The third-order valence-electron chi connectivity index (χ3n) is 7.85. The van der Waals surface area contributed by atoms with Crippen LogP contribution in [-0.4, -0.2) is 82.2 Å². The second-order valence-corrected chi connectivity index (χ2v) is 10.8. The van der Waals surface area contributed by atoms with E-state index in [4.69, 9.17) is 9.97 Å². The van der Waals surface area contributed by atoms with Gasteiger partial charge < -0.3 is 20.0 Å². The Kier molecular flexibility index (Phi) is 7.51. The molecule has 0 aromatic carbocycles. The number of hydrogen-bond donors (Lipinski definition) is 2. The molecule has 0 spiro atoms. The van der Waals surface area contributed by atoms with E-state index >= 15 is 0 Å². The molecule has 4 heterocycles. The topological polar surface area (TPSA) is 93.3 Å². The molecule has 9 nitrogen and oxygen atoms in total. The number of H-pyrrole nitrogens is 1. The zero-order valence-corrected chi connectivity index (χ0v) is 21.3. The van der Waals surface area contributed by atoms with Gasteiger partial charge in [0, 0.05) is 69.9 Å². The quantitative estimate of drug-likeness (QED) is 0.628. The van der Waals surface area contributed by atoms with Crippen molar-refractivity contribution in [1.82, 2.24) is 30.0 Å². The molecule has 2 aromatic rings. The second kappa shape index (κ2) is 10.9. The Morgan fingerprint density at radius 1 is 1.00 bits per heavy atom. The summed E-state index contributed by atoms with van der Waals surface area (Å²) in [5.41, 5.74) is 1.00. The zero-order chi connectivity index (χ0) is 24.2. The molecular formula is C26H40N8O. The van der Waals surface area contributed by atoms with Gasteiger partial charge in [-0.3, -0.25) is 9.89 Å². The lowest BCUT2D eigenvalue weighted by atomic mass is 9.87. The first-order valence-corrected chi connectivity index (χ1v) is 13.4. The summed E-state index contributed by atoms with van der Waals surface area (Å²) in [6, 6.07) is 4.01. The molecule has 0 radical (unpaired) electrons. The van der Waals surface area contributed by atoms with Gasteiger partial charge in [-0.05, 0) is 45.1 Å². The second-order valence-electron chi connectivity index (χ2n) is 10.8. The van der Waals surface area contributed by atoms with Gasteiger partial charge in [0.25, 0.3) is 0 Å². The van der Waals surface area contributed by atoms with Crippen LogP contribution in [0.15, 0.2) is 12.1 Å². The number of aromatic amines is 1. The Balaban J connectivity index is 1.26. The molecule has 2 N–H and O–H groups in total. The summed E-state index contributed by atoms with van der Waals surface area (Å²) in [4.78, 5) is 29.6. The van der Waals surface area contributed by atoms with Gasteiger partial charge in [-0.15, -0.1) is 0 Å².